The molecule has 0 aliphatic carbocycles. The molecule has 3 heteroatoms. The molecule has 0 spiro atoms. The molecule has 1 heterocycles. The maximum Gasteiger partial charge on any atom is 0.214 e. The van der Waals surface area contributed by atoms with E-state index in [4.69, 9.17) is 4.74 Å². The summed E-state index contributed by atoms with van der Waals surface area (Å²) in [6.07, 6.45) is 3.95. The fourth-order valence-electron chi connectivity index (χ4n) is 1.49. The van der Waals surface area contributed by atoms with Crippen molar-refractivity contribution in [1.82, 2.24) is 10.3 Å². The van der Waals surface area contributed by atoms with Gasteiger partial charge in [-0.05, 0) is 31.5 Å². The predicted molar refractivity (Wildman–Crippen MR) is 71.4 cm³/mol. The third-order valence-corrected chi connectivity index (χ3v) is 2.42. The molecular weight excluding hydrogens is 212 g/mol. The number of aromatic nitrogens is 1. The van der Waals surface area contributed by atoms with E-state index in [0.29, 0.717) is 18.4 Å². The zero-order chi connectivity index (χ0) is 12.7. The summed E-state index contributed by atoms with van der Waals surface area (Å²) in [4.78, 5) is 4.50. The van der Waals surface area contributed by atoms with Crippen LogP contribution in [0.25, 0.3) is 0 Å². The molecule has 1 N–H and O–H groups in total. The van der Waals surface area contributed by atoms with Crippen LogP contribution in [0.3, 0.4) is 0 Å². The molecule has 0 aliphatic rings. The van der Waals surface area contributed by atoms with Crippen molar-refractivity contribution in [1.29, 1.82) is 0 Å². The van der Waals surface area contributed by atoms with Crippen molar-refractivity contribution in [3.63, 3.8) is 0 Å². The first-order chi connectivity index (χ1) is 8.17. The molecule has 0 saturated carbocycles. The highest BCUT2D eigenvalue weighted by atomic mass is 16.5. The van der Waals surface area contributed by atoms with Gasteiger partial charge in [-0.3, -0.25) is 0 Å². The Balaban J connectivity index is 2.87. The highest BCUT2D eigenvalue weighted by Gasteiger charge is 2.06. The first-order valence-corrected chi connectivity index (χ1v) is 6.06. The maximum absolute atomic E-state index is 5.60. The Morgan fingerprint density at radius 1 is 1.41 bits per heavy atom. The van der Waals surface area contributed by atoms with Crippen LogP contribution >= 0.6 is 0 Å². The number of nitrogens with one attached hydrogen (secondary N) is 1. The van der Waals surface area contributed by atoms with E-state index >= 15 is 0 Å². The molecule has 3 nitrogen and oxygen atoms in total. The van der Waals surface area contributed by atoms with Crippen LogP contribution < -0.4 is 10.1 Å². The summed E-state index contributed by atoms with van der Waals surface area (Å²) in [5, 5.41) is 3.15. The number of ether oxygens (including phenoxy) is 1. The van der Waals surface area contributed by atoms with Gasteiger partial charge in [0.1, 0.15) is 6.61 Å². The maximum atomic E-state index is 5.60. The molecule has 1 aromatic rings. The van der Waals surface area contributed by atoms with Gasteiger partial charge in [0.25, 0.3) is 0 Å². The third kappa shape index (κ3) is 4.57. The van der Waals surface area contributed by atoms with Crippen molar-refractivity contribution in [3.05, 3.63) is 35.5 Å². The molecule has 1 rings (SSSR count). The van der Waals surface area contributed by atoms with Gasteiger partial charge in [-0.15, -0.1) is 0 Å². The van der Waals surface area contributed by atoms with Crippen molar-refractivity contribution in [3.8, 4) is 5.88 Å². The van der Waals surface area contributed by atoms with Crippen LogP contribution in [0.15, 0.2) is 24.3 Å². The molecule has 0 saturated heterocycles. The molecule has 0 radical (unpaired) electrons. The molecule has 0 bridgehead atoms. The minimum Gasteiger partial charge on any atom is -0.473 e. The van der Waals surface area contributed by atoms with Gasteiger partial charge in [0.05, 0.1) is 0 Å². The van der Waals surface area contributed by atoms with Gasteiger partial charge in [-0.1, -0.05) is 26.0 Å². The molecule has 0 amide bonds. The van der Waals surface area contributed by atoms with Gasteiger partial charge < -0.3 is 10.1 Å². The quantitative estimate of drug-likeness (QED) is 0.768. The number of pyridine rings is 1. The Bertz CT molecular complexity index is 372. The van der Waals surface area contributed by atoms with Crippen molar-refractivity contribution < 1.29 is 4.74 Å². The van der Waals surface area contributed by atoms with E-state index in [1.54, 1.807) is 0 Å². The van der Waals surface area contributed by atoms with Gasteiger partial charge in [-0.2, -0.15) is 0 Å². The number of hydrogen-bond donors (Lipinski definition) is 1. The Hall–Kier alpha value is -1.35. The molecule has 0 atom stereocenters. The molecule has 0 aromatic carbocycles. The van der Waals surface area contributed by atoms with E-state index in [0.717, 1.165) is 12.2 Å². The Kier molecular flexibility index (Phi) is 5.70. The van der Waals surface area contributed by atoms with Crippen LogP contribution in [0.2, 0.25) is 0 Å². The summed E-state index contributed by atoms with van der Waals surface area (Å²) in [6.45, 7) is 7.67. The Labute approximate surface area is 104 Å². The lowest BCUT2D eigenvalue weighted by Gasteiger charge is -2.11. The fraction of sp³-hybridized carbons (Fsp3) is 0.500. The van der Waals surface area contributed by atoms with E-state index < -0.39 is 0 Å². The second kappa shape index (κ2) is 7.07. The van der Waals surface area contributed by atoms with E-state index in [9.17, 15) is 0 Å². The van der Waals surface area contributed by atoms with Crippen LogP contribution in [-0.2, 0) is 6.54 Å². The molecule has 0 aliphatic heterocycles. The number of allylic oxidation sites excluding steroid dienone is 1. The summed E-state index contributed by atoms with van der Waals surface area (Å²) in [5.74, 6) is 1.12. The Morgan fingerprint density at radius 3 is 2.76 bits per heavy atom. The fourth-order valence-corrected chi connectivity index (χ4v) is 1.49. The van der Waals surface area contributed by atoms with Gasteiger partial charge in [0.15, 0.2) is 0 Å². The van der Waals surface area contributed by atoms with Gasteiger partial charge >= 0.3 is 0 Å². The standard InChI is InChI=1S/C14H22N2O/c1-5-6-7-17-14-9-12(10-15-4)8-13(16-14)11(2)3/h5-6,8-9,11,15H,7,10H2,1-4H3/b6-5+. The summed E-state index contributed by atoms with van der Waals surface area (Å²) in [7, 11) is 1.94. The summed E-state index contributed by atoms with van der Waals surface area (Å²) < 4.78 is 5.60. The first-order valence-electron chi connectivity index (χ1n) is 6.06. The first kappa shape index (κ1) is 13.7. The average molecular weight is 234 g/mol. The minimum atomic E-state index is 0.413. The molecule has 94 valence electrons. The van der Waals surface area contributed by atoms with E-state index in [2.05, 4.69) is 30.2 Å². The van der Waals surface area contributed by atoms with Crippen LogP contribution in [0.5, 0.6) is 5.88 Å². The van der Waals surface area contributed by atoms with Crippen LogP contribution in [-0.4, -0.2) is 18.6 Å². The van der Waals surface area contributed by atoms with E-state index in [1.807, 2.05) is 32.2 Å². The number of nitrogens with zero attached hydrogens (tertiary/aromatic N) is 1. The second-order valence-electron chi connectivity index (χ2n) is 4.30. The van der Waals surface area contributed by atoms with Crippen LogP contribution in [0.4, 0.5) is 0 Å². The highest BCUT2D eigenvalue weighted by molar-refractivity contribution is 5.26. The predicted octanol–water partition coefficient (Wildman–Crippen LogP) is 2.88. The normalized spacial score (nSPS) is 11.4. The number of rotatable bonds is 6. The summed E-state index contributed by atoms with van der Waals surface area (Å²) in [5.41, 5.74) is 2.29. The average Bonchev–Trinajstić information content (AvgIpc) is 2.29. The largest absolute Gasteiger partial charge is 0.473 e. The molecular formula is C14H22N2O. The van der Waals surface area contributed by atoms with Crippen molar-refractivity contribution in [2.75, 3.05) is 13.7 Å². The lowest BCUT2D eigenvalue weighted by Crippen LogP contribution is -2.08. The van der Waals surface area contributed by atoms with Gasteiger partial charge in [0, 0.05) is 18.3 Å². The zero-order valence-electron chi connectivity index (χ0n) is 11.2. The molecule has 1 aromatic heterocycles. The number of hydrogen-bond acceptors (Lipinski definition) is 3. The second-order valence-corrected chi connectivity index (χ2v) is 4.30. The summed E-state index contributed by atoms with van der Waals surface area (Å²) in [6, 6.07) is 4.12. The smallest absolute Gasteiger partial charge is 0.214 e. The van der Waals surface area contributed by atoms with Gasteiger partial charge in [-0.25, -0.2) is 4.98 Å². The highest BCUT2D eigenvalue weighted by Crippen LogP contribution is 2.19. The zero-order valence-corrected chi connectivity index (χ0v) is 11.2. The SMILES string of the molecule is C/C=C/COc1cc(CNC)cc(C(C)C)n1. The van der Waals surface area contributed by atoms with Crippen LogP contribution in [0, 0.1) is 0 Å². The van der Waals surface area contributed by atoms with E-state index in [1.165, 1.54) is 5.56 Å². The van der Waals surface area contributed by atoms with Gasteiger partial charge in [0.2, 0.25) is 5.88 Å². The minimum absolute atomic E-state index is 0.413. The Morgan fingerprint density at radius 2 is 2.18 bits per heavy atom. The van der Waals surface area contributed by atoms with E-state index in [-0.39, 0.29) is 0 Å². The molecule has 0 fully saturated rings. The molecule has 17 heavy (non-hydrogen) atoms. The lowest BCUT2D eigenvalue weighted by atomic mass is 10.1. The van der Waals surface area contributed by atoms with Crippen molar-refractivity contribution in [2.24, 2.45) is 0 Å². The van der Waals surface area contributed by atoms with Crippen LogP contribution in [0.1, 0.15) is 37.9 Å². The molecule has 0 unspecified atom stereocenters. The third-order valence-electron chi connectivity index (χ3n) is 2.42. The lowest BCUT2D eigenvalue weighted by molar-refractivity contribution is 0.346. The van der Waals surface area contributed by atoms with Crippen molar-refractivity contribution >= 4 is 0 Å². The van der Waals surface area contributed by atoms with Crippen molar-refractivity contribution in [2.45, 2.75) is 33.2 Å². The summed E-state index contributed by atoms with van der Waals surface area (Å²) >= 11 is 0. The monoisotopic (exact) mass is 234 g/mol. The topological polar surface area (TPSA) is 34.1 Å².